The van der Waals surface area contributed by atoms with Gasteiger partial charge < -0.3 is 5.32 Å². The Morgan fingerprint density at radius 1 is 1.54 bits per heavy atom. The SMILES string of the molecule is O=C(CCS)NCC1CSCCS1. The fourth-order valence-corrected chi connectivity index (χ4v) is 3.89. The summed E-state index contributed by atoms with van der Waals surface area (Å²) in [7, 11) is 0. The van der Waals surface area contributed by atoms with Crippen LogP contribution in [0, 0.1) is 0 Å². The van der Waals surface area contributed by atoms with Crippen molar-refractivity contribution in [1.29, 1.82) is 0 Å². The van der Waals surface area contributed by atoms with Gasteiger partial charge in [-0.2, -0.15) is 36.2 Å². The lowest BCUT2D eigenvalue weighted by Gasteiger charge is -2.20. The van der Waals surface area contributed by atoms with Crippen molar-refractivity contribution in [3.05, 3.63) is 0 Å². The molecule has 5 heteroatoms. The van der Waals surface area contributed by atoms with Crippen molar-refractivity contribution in [2.24, 2.45) is 0 Å². The van der Waals surface area contributed by atoms with Crippen molar-refractivity contribution in [2.75, 3.05) is 29.6 Å². The van der Waals surface area contributed by atoms with Crippen molar-refractivity contribution in [3.63, 3.8) is 0 Å². The maximum Gasteiger partial charge on any atom is 0.220 e. The highest BCUT2D eigenvalue weighted by Crippen LogP contribution is 2.23. The largest absolute Gasteiger partial charge is 0.355 e. The monoisotopic (exact) mass is 237 g/mol. The van der Waals surface area contributed by atoms with Crippen molar-refractivity contribution in [2.45, 2.75) is 11.7 Å². The first kappa shape index (κ1) is 11.6. The fourth-order valence-electron chi connectivity index (χ4n) is 1.07. The van der Waals surface area contributed by atoms with E-state index in [0.29, 0.717) is 17.4 Å². The lowest BCUT2D eigenvalue weighted by Crippen LogP contribution is -2.33. The first-order valence-electron chi connectivity index (χ1n) is 4.40. The molecule has 1 aliphatic heterocycles. The smallest absolute Gasteiger partial charge is 0.220 e. The summed E-state index contributed by atoms with van der Waals surface area (Å²) in [5.74, 6) is 4.42. The molecule has 2 nitrogen and oxygen atoms in total. The fraction of sp³-hybridized carbons (Fsp3) is 0.875. The maximum absolute atomic E-state index is 11.1. The van der Waals surface area contributed by atoms with Gasteiger partial charge in [0.05, 0.1) is 0 Å². The van der Waals surface area contributed by atoms with Gasteiger partial charge in [0.15, 0.2) is 0 Å². The highest BCUT2D eigenvalue weighted by Gasteiger charge is 2.14. The number of carbonyl (C=O) groups is 1. The van der Waals surface area contributed by atoms with Crippen LogP contribution < -0.4 is 5.32 Å². The summed E-state index contributed by atoms with van der Waals surface area (Å²) >= 11 is 7.96. The van der Waals surface area contributed by atoms with E-state index in [4.69, 9.17) is 0 Å². The zero-order valence-electron chi connectivity index (χ0n) is 7.49. The van der Waals surface area contributed by atoms with E-state index < -0.39 is 0 Å². The third-order valence-electron chi connectivity index (χ3n) is 1.75. The molecule has 0 aromatic heterocycles. The molecule has 0 radical (unpaired) electrons. The van der Waals surface area contributed by atoms with Gasteiger partial charge in [0.25, 0.3) is 0 Å². The molecule has 0 spiro atoms. The van der Waals surface area contributed by atoms with Crippen LogP contribution in [0.5, 0.6) is 0 Å². The zero-order valence-corrected chi connectivity index (χ0v) is 10.0. The number of hydrogen-bond acceptors (Lipinski definition) is 4. The number of carbonyl (C=O) groups excluding carboxylic acids is 1. The Kier molecular flexibility index (Phi) is 6.15. The number of thiol groups is 1. The van der Waals surface area contributed by atoms with Gasteiger partial charge >= 0.3 is 0 Å². The van der Waals surface area contributed by atoms with Crippen molar-refractivity contribution in [1.82, 2.24) is 5.32 Å². The first-order chi connectivity index (χ1) is 6.33. The molecule has 1 N–H and O–H groups in total. The second kappa shape index (κ2) is 6.90. The topological polar surface area (TPSA) is 29.1 Å². The van der Waals surface area contributed by atoms with Crippen LogP contribution in [0.4, 0.5) is 0 Å². The van der Waals surface area contributed by atoms with Gasteiger partial charge in [-0.25, -0.2) is 0 Å². The van der Waals surface area contributed by atoms with Gasteiger partial charge in [0.2, 0.25) is 5.91 Å². The number of hydrogen-bond donors (Lipinski definition) is 2. The third kappa shape index (κ3) is 5.08. The summed E-state index contributed by atoms with van der Waals surface area (Å²) in [6.07, 6.45) is 0.535. The molecule has 13 heavy (non-hydrogen) atoms. The molecule has 1 amide bonds. The molecule has 1 saturated heterocycles. The predicted octanol–water partition coefficient (Wildman–Crippen LogP) is 1.27. The van der Waals surface area contributed by atoms with Crippen molar-refractivity contribution in [3.8, 4) is 0 Å². The third-order valence-corrected chi connectivity index (χ3v) is 4.82. The van der Waals surface area contributed by atoms with Crippen molar-refractivity contribution < 1.29 is 4.79 Å². The Morgan fingerprint density at radius 2 is 2.38 bits per heavy atom. The van der Waals surface area contributed by atoms with Crippen LogP contribution in [-0.2, 0) is 4.79 Å². The van der Waals surface area contributed by atoms with Crippen LogP contribution >= 0.6 is 36.2 Å². The lowest BCUT2D eigenvalue weighted by atomic mass is 10.4. The van der Waals surface area contributed by atoms with E-state index in [9.17, 15) is 4.79 Å². The quantitative estimate of drug-likeness (QED) is 0.722. The van der Waals surface area contributed by atoms with Crippen LogP contribution in [0.2, 0.25) is 0 Å². The number of amides is 1. The normalized spacial score (nSPS) is 22.7. The van der Waals surface area contributed by atoms with E-state index >= 15 is 0 Å². The molecule has 1 heterocycles. The molecule has 0 saturated carbocycles. The molecule has 0 aliphatic carbocycles. The van der Waals surface area contributed by atoms with Gasteiger partial charge in [0, 0.05) is 35.5 Å². The Balaban J connectivity index is 2.06. The van der Waals surface area contributed by atoms with Gasteiger partial charge in [-0.15, -0.1) is 0 Å². The van der Waals surface area contributed by atoms with Gasteiger partial charge in [-0.1, -0.05) is 0 Å². The summed E-state index contributed by atoms with van der Waals surface area (Å²) in [6, 6.07) is 0. The van der Waals surface area contributed by atoms with E-state index in [-0.39, 0.29) is 5.91 Å². The molecule has 0 aromatic carbocycles. The van der Waals surface area contributed by atoms with Crippen LogP contribution in [0.1, 0.15) is 6.42 Å². The molecule has 1 atom stereocenters. The molecule has 1 fully saturated rings. The van der Waals surface area contributed by atoms with Crippen LogP contribution in [0.3, 0.4) is 0 Å². The molecule has 0 bridgehead atoms. The minimum absolute atomic E-state index is 0.131. The van der Waals surface area contributed by atoms with Gasteiger partial charge in [-0.05, 0) is 5.75 Å². The highest BCUT2D eigenvalue weighted by atomic mass is 32.2. The van der Waals surface area contributed by atoms with Crippen LogP contribution in [-0.4, -0.2) is 40.7 Å². The summed E-state index contributed by atoms with van der Waals surface area (Å²) < 4.78 is 0. The Labute approximate surface area is 93.4 Å². The average Bonchev–Trinajstić information content (AvgIpc) is 2.17. The average molecular weight is 237 g/mol. The first-order valence-corrected chi connectivity index (χ1v) is 7.23. The molecule has 1 unspecified atom stereocenters. The molecule has 1 aliphatic rings. The summed E-state index contributed by atoms with van der Waals surface area (Å²) in [5, 5.41) is 3.54. The highest BCUT2D eigenvalue weighted by molar-refractivity contribution is 8.06. The number of thioether (sulfide) groups is 2. The van der Waals surface area contributed by atoms with E-state index in [1.54, 1.807) is 0 Å². The zero-order chi connectivity index (χ0) is 9.52. The molecular weight excluding hydrogens is 222 g/mol. The van der Waals surface area contributed by atoms with Crippen molar-refractivity contribution >= 4 is 42.1 Å². The van der Waals surface area contributed by atoms with E-state index in [1.807, 2.05) is 23.5 Å². The van der Waals surface area contributed by atoms with Gasteiger partial charge in [0.1, 0.15) is 0 Å². The van der Waals surface area contributed by atoms with E-state index in [2.05, 4.69) is 17.9 Å². The van der Waals surface area contributed by atoms with E-state index in [1.165, 1.54) is 17.3 Å². The van der Waals surface area contributed by atoms with E-state index in [0.717, 1.165) is 6.54 Å². The number of nitrogens with one attached hydrogen (secondary N) is 1. The Morgan fingerprint density at radius 3 is 3.00 bits per heavy atom. The minimum Gasteiger partial charge on any atom is -0.355 e. The lowest BCUT2D eigenvalue weighted by molar-refractivity contribution is -0.120. The van der Waals surface area contributed by atoms with Crippen LogP contribution in [0.15, 0.2) is 0 Å². The Bertz CT molecular complexity index is 159. The standard InChI is InChI=1S/C8H15NOS3/c10-8(1-2-11)9-5-7-6-12-3-4-13-7/h7,11H,1-6H2,(H,9,10). The minimum atomic E-state index is 0.131. The van der Waals surface area contributed by atoms with Gasteiger partial charge in [-0.3, -0.25) is 4.79 Å². The summed E-state index contributed by atoms with van der Waals surface area (Å²) in [5.41, 5.74) is 0. The predicted molar refractivity (Wildman–Crippen MR) is 65.1 cm³/mol. The second-order valence-electron chi connectivity index (χ2n) is 2.85. The summed E-state index contributed by atoms with van der Waals surface area (Å²) in [6.45, 7) is 0.824. The second-order valence-corrected chi connectivity index (χ2v) is 5.85. The van der Waals surface area contributed by atoms with Crippen LogP contribution in [0.25, 0.3) is 0 Å². The maximum atomic E-state index is 11.1. The molecular formula is C8H15NOS3. The number of rotatable bonds is 4. The summed E-state index contributed by atoms with van der Waals surface area (Å²) in [4.78, 5) is 11.1. The Hall–Kier alpha value is 0.520. The molecule has 0 aromatic rings. The molecule has 1 rings (SSSR count). The molecule has 76 valence electrons.